The van der Waals surface area contributed by atoms with Gasteiger partial charge < -0.3 is 9.64 Å². The highest BCUT2D eigenvalue weighted by atomic mass is 19.4. The summed E-state index contributed by atoms with van der Waals surface area (Å²) in [6.07, 6.45) is -2.69. The van der Waals surface area contributed by atoms with Crippen LogP contribution in [0.15, 0.2) is 30.5 Å². The number of amides is 1. The Bertz CT molecular complexity index is 725. The van der Waals surface area contributed by atoms with E-state index >= 15 is 0 Å². The zero-order chi connectivity index (χ0) is 17.3. The monoisotopic (exact) mass is 339 g/mol. The van der Waals surface area contributed by atoms with Crippen molar-refractivity contribution in [3.63, 3.8) is 0 Å². The number of alkyl halides is 3. The second-order valence-electron chi connectivity index (χ2n) is 5.80. The first-order valence-corrected chi connectivity index (χ1v) is 7.44. The van der Waals surface area contributed by atoms with Crippen LogP contribution in [0.25, 0.3) is 0 Å². The van der Waals surface area contributed by atoms with Gasteiger partial charge in [0.1, 0.15) is 5.75 Å². The third-order valence-electron chi connectivity index (χ3n) is 4.00. The summed E-state index contributed by atoms with van der Waals surface area (Å²) in [7, 11) is 0. The minimum atomic E-state index is -4.39. The van der Waals surface area contributed by atoms with Crippen LogP contribution in [0.2, 0.25) is 0 Å². The fraction of sp³-hybridized carbons (Fsp3) is 0.375. The molecule has 5 nitrogen and oxygen atoms in total. The molecule has 1 unspecified atom stereocenters. The molecule has 0 saturated heterocycles. The van der Waals surface area contributed by atoms with Crippen LogP contribution < -0.4 is 4.74 Å². The van der Waals surface area contributed by atoms with Crippen molar-refractivity contribution in [1.29, 1.82) is 0 Å². The molecule has 8 heteroatoms. The molecule has 24 heavy (non-hydrogen) atoms. The first-order chi connectivity index (χ1) is 11.3. The van der Waals surface area contributed by atoms with E-state index in [0.29, 0.717) is 13.1 Å². The Labute approximate surface area is 136 Å². The molecule has 1 aromatic heterocycles. The van der Waals surface area contributed by atoms with Crippen molar-refractivity contribution in [3.05, 3.63) is 47.3 Å². The predicted octanol–water partition coefficient (Wildman–Crippen LogP) is 2.95. The SMILES string of the molecule is CC1CN(C(=O)COc2ccc(C(F)(F)F)cc2)Cc2cn[nH]c21. The minimum absolute atomic E-state index is 0.145. The predicted molar refractivity (Wildman–Crippen MR) is 79.4 cm³/mol. The van der Waals surface area contributed by atoms with Gasteiger partial charge in [-0.05, 0) is 24.3 Å². The summed E-state index contributed by atoms with van der Waals surface area (Å²) in [4.78, 5) is 13.9. The number of hydrogen-bond donors (Lipinski definition) is 1. The second kappa shape index (κ2) is 6.18. The fourth-order valence-corrected chi connectivity index (χ4v) is 2.73. The van der Waals surface area contributed by atoms with Crippen molar-refractivity contribution in [1.82, 2.24) is 15.1 Å². The largest absolute Gasteiger partial charge is 0.484 e. The molecular weight excluding hydrogens is 323 g/mol. The van der Waals surface area contributed by atoms with E-state index in [-0.39, 0.29) is 24.2 Å². The lowest BCUT2D eigenvalue weighted by molar-refractivity contribution is -0.138. The number of ether oxygens (including phenoxy) is 1. The molecule has 1 amide bonds. The molecule has 1 aromatic carbocycles. The van der Waals surface area contributed by atoms with Gasteiger partial charge in [0.05, 0.1) is 11.8 Å². The van der Waals surface area contributed by atoms with E-state index in [1.807, 2.05) is 6.92 Å². The van der Waals surface area contributed by atoms with E-state index < -0.39 is 11.7 Å². The number of aromatic nitrogens is 2. The van der Waals surface area contributed by atoms with E-state index in [1.54, 1.807) is 11.1 Å². The lowest BCUT2D eigenvalue weighted by Crippen LogP contribution is -2.40. The number of hydrogen-bond acceptors (Lipinski definition) is 3. The number of halogens is 3. The van der Waals surface area contributed by atoms with Gasteiger partial charge in [-0.25, -0.2) is 0 Å². The van der Waals surface area contributed by atoms with Gasteiger partial charge in [-0.3, -0.25) is 9.89 Å². The summed E-state index contributed by atoms with van der Waals surface area (Å²) < 4.78 is 42.8. The molecular formula is C16H16F3N3O2. The highest BCUT2D eigenvalue weighted by molar-refractivity contribution is 5.78. The van der Waals surface area contributed by atoms with Crippen molar-refractivity contribution >= 4 is 5.91 Å². The summed E-state index contributed by atoms with van der Waals surface area (Å²) in [5.41, 5.74) is 1.25. The van der Waals surface area contributed by atoms with Gasteiger partial charge in [0.2, 0.25) is 0 Å². The number of carbonyl (C=O) groups excluding carboxylic acids is 1. The Kier molecular flexibility index (Phi) is 4.21. The number of H-pyrrole nitrogens is 1. The van der Waals surface area contributed by atoms with Crippen molar-refractivity contribution in [2.45, 2.75) is 25.6 Å². The van der Waals surface area contributed by atoms with Gasteiger partial charge in [-0.15, -0.1) is 0 Å². The maximum absolute atomic E-state index is 12.5. The smallest absolute Gasteiger partial charge is 0.416 e. The number of carbonyl (C=O) groups is 1. The number of rotatable bonds is 3. The molecule has 1 atom stereocenters. The normalized spacial score (nSPS) is 17.5. The van der Waals surface area contributed by atoms with Crippen LogP contribution in [-0.4, -0.2) is 34.2 Å². The van der Waals surface area contributed by atoms with Gasteiger partial charge in [-0.2, -0.15) is 18.3 Å². The maximum Gasteiger partial charge on any atom is 0.416 e. The van der Waals surface area contributed by atoms with Gasteiger partial charge in [0.15, 0.2) is 6.61 Å². The maximum atomic E-state index is 12.5. The highest BCUT2D eigenvalue weighted by Crippen LogP contribution is 2.30. The Morgan fingerprint density at radius 3 is 2.75 bits per heavy atom. The van der Waals surface area contributed by atoms with Gasteiger partial charge >= 0.3 is 6.18 Å². The molecule has 1 aliphatic rings. The fourth-order valence-electron chi connectivity index (χ4n) is 2.73. The van der Waals surface area contributed by atoms with Crippen molar-refractivity contribution in [2.75, 3.05) is 13.2 Å². The second-order valence-corrected chi connectivity index (χ2v) is 5.80. The number of benzene rings is 1. The van der Waals surface area contributed by atoms with E-state index in [2.05, 4.69) is 10.2 Å². The third-order valence-corrected chi connectivity index (χ3v) is 4.00. The van der Waals surface area contributed by atoms with Crippen LogP contribution in [0.5, 0.6) is 5.75 Å². The molecule has 0 aliphatic carbocycles. The first kappa shape index (κ1) is 16.4. The number of fused-ring (bicyclic) bond motifs is 1. The highest BCUT2D eigenvalue weighted by Gasteiger charge is 2.30. The van der Waals surface area contributed by atoms with Crippen LogP contribution in [0.4, 0.5) is 13.2 Å². The van der Waals surface area contributed by atoms with Crippen LogP contribution >= 0.6 is 0 Å². The number of nitrogens with one attached hydrogen (secondary N) is 1. The molecule has 0 saturated carbocycles. The lowest BCUT2D eigenvalue weighted by atomic mass is 9.98. The number of nitrogens with zero attached hydrogens (tertiary/aromatic N) is 2. The van der Waals surface area contributed by atoms with E-state index in [4.69, 9.17) is 4.74 Å². The van der Waals surface area contributed by atoms with Gasteiger partial charge in [0, 0.05) is 30.3 Å². The van der Waals surface area contributed by atoms with E-state index in [9.17, 15) is 18.0 Å². The van der Waals surface area contributed by atoms with Crippen LogP contribution in [0.3, 0.4) is 0 Å². The number of aromatic amines is 1. The average molecular weight is 339 g/mol. The standard InChI is InChI=1S/C16H16F3N3O2/c1-10-7-22(8-11-6-20-21-15(10)11)14(23)9-24-13-4-2-12(3-5-13)16(17,18)19/h2-6,10H,7-9H2,1H3,(H,20,21). The Morgan fingerprint density at radius 2 is 2.08 bits per heavy atom. The van der Waals surface area contributed by atoms with Crippen molar-refractivity contribution in [3.8, 4) is 5.75 Å². The molecule has 3 rings (SSSR count). The molecule has 0 bridgehead atoms. The zero-order valence-corrected chi connectivity index (χ0v) is 12.9. The molecule has 0 spiro atoms. The quantitative estimate of drug-likeness (QED) is 0.935. The molecule has 0 fully saturated rings. The van der Waals surface area contributed by atoms with E-state index in [1.165, 1.54) is 12.1 Å². The summed E-state index contributed by atoms with van der Waals surface area (Å²) in [6, 6.07) is 4.29. The molecule has 1 aliphatic heterocycles. The Morgan fingerprint density at radius 1 is 1.38 bits per heavy atom. The molecule has 128 valence electrons. The third kappa shape index (κ3) is 3.37. The average Bonchev–Trinajstić information content (AvgIpc) is 3.01. The minimum Gasteiger partial charge on any atom is -0.484 e. The Balaban J connectivity index is 1.58. The summed E-state index contributed by atoms with van der Waals surface area (Å²) in [5, 5.41) is 6.91. The molecule has 2 heterocycles. The van der Waals surface area contributed by atoms with Crippen LogP contribution in [0, 0.1) is 0 Å². The van der Waals surface area contributed by atoms with Gasteiger partial charge in [0.25, 0.3) is 5.91 Å². The topological polar surface area (TPSA) is 58.2 Å². The van der Waals surface area contributed by atoms with Crippen LogP contribution in [0.1, 0.15) is 29.7 Å². The van der Waals surface area contributed by atoms with Crippen molar-refractivity contribution in [2.24, 2.45) is 0 Å². The van der Waals surface area contributed by atoms with Crippen LogP contribution in [-0.2, 0) is 17.5 Å². The van der Waals surface area contributed by atoms with E-state index in [0.717, 1.165) is 23.4 Å². The molecule has 2 aromatic rings. The Hall–Kier alpha value is -2.51. The lowest BCUT2D eigenvalue weighted by Gasteiger charge is -2.30. The molecule has 1 N–H and O–H groups in total. The summed E-state index contributed by atoms with van der Waals surface area (Å²) in [6.45, 7) is 2.77. The zero-order valence-electron chi connectivity index (χ0n) is 12.9. The summed E-state index contributed by atoms with van der Waals surface area (Å²) in [5.74, 6) is 0.158. The summed E-state index contributed by atoms with van der Waals surface area (Å²) >= 11 is 0. The first-order valence-electron chi connectivity index (χ1n) is 7.44. The molecule has 0 radical (unpaired) electrons. The van der Waals surface area contributed by atoms with Gasteiger partial charge in [-0.1, -0.05) is 6.92 Å². The van der Waals surface area contributed by atoms with Crippen molar-refractivity contribution < 1.29 is 22.7 Å².